The second kappa shape index (κ2) is 6.33. The molecule has 112 valence electrons. The highest BCUT2D eigenvalue weighted by molar-refractivity contribution is 5.98. The molecule has 1 saturated carbocycles. The fraction of sp³-hybridized carbons (Fsp3) is 0.500. The summed E-state index contributed by atoms with van der Waals surface area (Å²) in [6.45, 7) is 2.17. The fourth-order valence-corrected chi connectivity index (χ4v) is 3.53. The van der Waals surface area contributed by atoms with Gasteiger partial charge in [-0.05, 0) is 37.3 Å². The van der Waals surface area contributed by atoms with Crippen LogP contribution in [0.4, 0.5) is 0 Å². The molecule has 2 aromatic rings. The molecule has 1 aromatic carbocycles. The van der Waals surface area contributed by atoms with Gasteiger partial charge in [0, 0.05) is 16.9 Å². The summed E-state index contributed by atoms with van der Waals surface area (Å²) in [5, 5.41) is 4.33. The lowest BCUT2D eigenvalue weighted by atomic mass is 9.83. The SMILES string of the molecule is CCC(NC(=O)c1cc2ccccc2[nH]1)C1CCCCC1. The van der Waals surface area contributed by atoms with Crippen molar-refractivity contribution in [1.82, 2.24) is 10.3 Å². The van der Waals surface area contributed by atoms with Gasteiger partial charge in [-0.25, -0.2) is 0 Å². The van der Waals surface area contributed by atoms with Crippen molar-refractivity contribution >= 4 is 16.8 Å². The maximum Gasteiger partial charge on any atom is 0.267 e. The number of benzene rings is 1. The van der Waals surface area contributed by atoms with E-state index >= 15 is 0 Å². The van der Waals surface area contributed by atoms with Crippen molar-refractivity contribution in [2.75, 3.05) is 0 Å². The standard InChI is InChI=1S/C18H24N2O/c1-2-15(13-8-4-3-5-9-13)20-18(21)17-12-14-10-6-7-11-16(14)19-17/h6-7,10-13,15,19H,2-5,8-9H2,1H3,(H,20,21). The maximum absolute atomic E-state index is 12.5. The second-order valence-corrected chi connectivity index (χ2v) is 6.16. The normalized spacial score (nSPS) is 17.8. The Morgan fingerprint density at radius 2 is 2.05 bits per heavy atom. The molecule has 3 heteroatoms. The summed E-state index contributed by atoms with van der Waals surface area (Å²) in [6, 6.07) is 10.3. The molecule has 1 atom stereocenters. The Kier molecular flexibility index (Phi) is 4.28. The van der Waals surface area contributed by atoms with Crippen LogP contribution >= 0.6 is 0 Å². The van der Waals surface area contributed by atoms with Crippen molar-refractivity contribution in [3.8, 4) is 0 Å². The second-order valence-electron chi connectivity index (χ2n) is 6.16. The summed E-state index contributed by atoms with van der Waals surface area (Å²) >= 11 is 0. The lowest BCUT2D eigenvalue weighted by Gasteiger charge is -2.30. The van der Waals surface area contributed by atoms with Gasteiger partial charge in [-0.15, -0.1) is 0 Å². The maximum atomic E-state index is 12.5. The summed E-state index contributed by atoms with van der Waals surface area (Å²) in [5.74, 6) is 0.681. The number of carbonyl (C=O) groups excluding carboxylic acids is 1. The number of hydrogen-bond donors (Lipinski definition) is 2. The zero-order valence-electron chi connectivity index (χ0n) is 12.7. The van der Waals surface area contributed by atoms with Crippen molar-refractivity contribution in [1.29, 1.82) is 0 Å². The minimum absolute atomic E-state index is 0.0311. The number of fused-ring (bicyclic) bond motifs is 1. The Morgan fingerprint density at radius 1 is 1.29 bits per heavy atom. The van der Waals surface area contributed by atoms with E-state index in [-0.39, 0.29) is 5.91 Å². The van der Waals surface area contributed by atoms with E-state index in [1.165, 1.54) is 32.1 Å². The van der Waals surface area contributed by atoms with E-state index in [4.69, 9.17) is 0 Å². The third-order valence-corrected chi connectivity index (χ3v) is 4.75. The van der Waals surface area contributed by atoms with E-state index in [1.807, 2.05) is 30.3 Å². The molecule has 1 fully saturated rings. The van der Waals surface area contributed by atoms with Crippen LogP contribution in [0.1, 0.15) is 55.9 Å². The van der Waals surface area contributed by atoms with Crippen LogP contribution in [0.3, 0.4) is 0 Å². The molecule has 0 radical (unpaired) electrons. The summed E-state index contributed by atoms with van der Waals surface area (Å²) in [5.41, 5.74) is 1.69. The molecule has 0 saturated heterocycles. The molecule has 1 aliphatic carbocycles. The largest absolute Gasteiger partial charge is 0.351 e. The number of H-pyrrole nitrogens is 1. The zero-order chi connectivity index (χ0) is 14.7. The van der Waals surface area contributed by atoms with Gasteiger partial charge in [0.1, 0.15) is 5.69 Å². The molecule has 0 aliphatic heterocycles. The van der Waals surface area contributed by atoms with Gasteiger partial charge in [-0.3, -0.25) is 4.79 Å². The van der Waals surface area contributed by atoms with Gasteiger partial charge in [-0.1, -0.05) is 44.4 Å². The summed E-state index contributed by atoms with van der Waals surface area (Å²) in [4.78, 5) is 15.7. The smallest absolute Gasteiger partial charge is 0.267 e. The molecule has 1 unspecified atom stereocenters. The Bertz CT molecular complexity index is 577. The molecule has 3 rings (SSSR count). The predicted octanol–water partition coefficient (Wildman–Crippen LogP) is 4.26. The first-order valence-corrected chi connectivity index (χ1v) is 8.16. The van der Waals surface area contributed by atoms with Crippen LogP contribution in [0.15, 0.2) is 30.3 Å². The highest BCUT2D eigenvalue weighted by Crippen LogP contribution is 2.28. The molecule has 1 heterocycles. The van der Waals surface area contributed by atoms with Gasteiger partial charge >= 0.3 is 0 Å². The summed E-state index contributed by atoms with van der Waals surface area (Å²) in [7, 11) is 0. The molecule has 1 aromatic heterocycles. The number of amides is 1. The van der Waals surface area contributed by atoms with Gasteiger partial charge in [0.25, 0.3) is 5.91 Å². The third kappa shape index (κ3) is 3.12. The van der Waals surface area contributed by atoms with E-state index < -0.39 is 0 Å². The summed E-state index contributed by atoms with van der Waals surface area (Å²) < 4.78 is 0. The molecule has 2 N–H and O–H groups in total. The number of nitrogens with one attached hydrogen (secondary N) is 2. The van der Waals surface area contributed by atoms with Crippen molar-refractivity contribution in [2.24, 2.45) is 5.92 Å². The Labute approximate surface area is 126 Å². The number of carbonyl (C=O) groups is 1. The van der Waals surface area contributed by atoms with Crippen LogP contribution in [0, 0.1) is 5.92 Å². The lowest BCUT2D eigenvalue weighted by molar-refractivity contribution is 0.0907. The van der Waals surface area contributed by atoms with E-state index in [2.05, 4.69) is 17.2 Å². The molecule has 0 spiro atoms. The Hall–Kier alpha value is -1.77. The van der Waals surface area contributed by atoms with Gasteiger partial charge in [0.2, 0.25) is 0 Å². The van der Waals surface area contributed by atoms with E-state index in [9.17, 15) is 4.79 Å². The monoisotopic (exact) mass is 284 g/mol. The Balaban J connectivity index is 1.71. The van der Waals surface area contributed by atoms with Gasteiger partial charge in [-0.2, -0.15) is 0 Å². The molecule has 21 heavy (non-hydrogen) atoms. The first-order valence-electron chi connectivity index (χ1n) is 8.16. The molecule has 3 nitrogen and oxygen atoms in total. The first-order chi connectivity index (χ1) is 10.3. The fourth-order valence-electron chi connectivity index (χ4n) is 3.53. The zero-order valence-corrected chi connectivity index (χ0v) is 12.7. The van der Waals surface area contributed by atoms with Crippen molar-refractivity contribution in [2.45, 2.75) is 51.5 Å². The molecule has 1 amide bonds. The first kappa shape index (κ1) is 14.2. The lowest BCUT2D eigenvalue weighted by Crippen LogP contribution is -2.40. The van der Waals surface area contributed by atoms with Crippen LogP contribution in [-0.2, 0) is 0 Å². The molecular weight excluding hydrogens is 260 g/mol. The van der Waals surface area contributed by atoms with Crippen LogP contribution < -0.4 is 5.32 Å². The Morgan fingerprint density at radius 3 is 2.76 bits per heavy atom. The van der Waals surface area contributed by atoms with Gasteiger partial charge < -0.3 is 10.3 Å². The number of hydrogen-bond acceptors (Lipinski definition) is 1. The number of para-hydroxylation sites is 1. The number of aromatic nitrogens is 1. The van der Waals surface area contributed by atoms with Crippen molar-refractivity contribution in [3.63, 3.8) is 0 Å². The minimum Gasteiger partial charge on any atom is -0.351 e. The molecular formula is C18H24N2O. The average Bonchev–Trinajstić information content (AvgIpc) is 2.97. The molecule has 0 bridgehead atoms. The average molecular weight is 284 g/mol. The molecule has 1 aliphatic rings. The minimum atomic E-state index is 0.0311. The van der Waals surface area contributed by atoms with Gasteiger partial charge in [0.15, 0.2) is 0 Å². The van der Waals surface area contributed by atoms with Crippen molar-refractivity contribution < 1.29 is 4.79 Å². The predicted molar refractivity (Wildman–Crippen MR) is 86.4 cm³/mol. The van der Waals surface area contributed by atoms with E-state index in [1.54, 1.807) is 0 Å². The van der Waals surface area contributed by atoms with E-state index in [0.29, 0.717) is 17.7 Å². The quantitative estimate of drug-likeness (QED) is 0.866. The van der Waals surface area contributed by atoms with Crippen LogP contribution in [-0.4, -0.2) is 16.9 Å². The van der Waals surface area contributed by atoms with Gasteiger partial charge in [0.05, 0.1) is 0 Å². The summed E-state index contributed by atoms with van der Waals surface area (Å²) in [6.07, 6.45) is 7.49. The van der Waals surface area contributed by atoms with Crippen molar-refractivity contribution in [3.05, 3.63) is 36.0 Å². The third-order valence-electron chi connectivity index (χ3n) is 4.75. The van der Waals surface area contributed by atoms with Crippen LogP contribution in [0.2, 0.25) is 0 Å². The topological polar surface area (TPSA) is 44.9 Å². The number of rotatable bonds is 4. The number of aromatic amines is 1. The highest BCUT2D eigenvalue weighted by atomic mass is 16.1. The highest BCUT2D eigenvalue weighted by Gasteiger charge is 2.24. The van der Waals surface area contributed by atoms with Crippen LogP contribution in [0.5, 0.6) is 0 Å². The van der Waals surface area contributed by atoms with Crippen LogP contribution in [0.25, 0.3) is 10.9 Å². The van der Waals surface area contributed by atoms with E-state index in [0.717, 1.165) is 17.3 Å².